The number of amides is 1. The van der Waals surface area contributed by atoms with Crippen molar-refractivity contribution in [2.24, 2.45) is 0 Å². The molecule has 0 heterocycles. The van der Waals surface area contributed by atoms with Crippen molar-refractivity contribution >= 4 is 22.8 Å². The lowest BCUT2D eigenvalue weighted by atomic mass is 10.1. The number of nitrogens with one attached hydrogen (secondary N) is 1. The largest absolute Gasteiger partial charge is 0.341 e. The van der Waals surface area contributed by atoms with E-state index in [4.69, 9.17) is 11.6 Å². The van der Waals surface area contributed by atoms with Crippen LogP contribution in [-0.4, -0.2) is 11.1 Å². The number of rotatable bonds is 5. The van der Waals surface area contributed by atoms with E-state index in [1.54, 1.807) is 24.3 Å². The first-order chi connectivity index (χ1) is 7.65. The van der Waals surface area contributed by atoms with Gasteiger partial charge >= 0.3 is 0 Å². The number of hydrogen-bond donors (Lipinski definition) is 1. The maximum atomic E-state index is 11.4. The number of hydrogen-bond acceptors (Lipinski definition) is 2. The third-order valence-corrected chi connectivity index (χ3v) is 2.36. The number of halogens is 1. The molecule has 0 saturated heterocycles. The highest BCUT2D eigenvalue weighted by atomic mass is 35.5. The second-order valence-electron chi connectivity index (χ2n) is 3.47. The summed E-state index contributed by atoms with van der Waals surface area (Å²) in [5, 5.41) is 2.04. The lowest BCUT2D eigenvalue weighted by Crippen LogP contribution is -2.31. The minimum atomic E-state index is -0.748. The smallest absolute Gasteiger partial charge is 0.248 e. The van der Waals surface area contributed by atoms with Gasteiger partial charge in [0, 0.05) is 6.42 Å². The van der Waals surface area contributed by atoms with Gasteiger partial charge in [0.1, 0.15) is 6.04 Å². The highest BCUT2D eigenvalue weighted by Crippen LogP contribution is 2.15. The van der Waals surface area contributed by atoms with Crippen molar-refractivity contribution < 1.29 is 9.59 Å². The minimum absolute atomic E-state index is 0.162. The van der Waals surface area contributed by atoms with Gasteiger partial charge in [-0.1, -0.05) is 37.3 Å². The fourth-order valence-electron chi connectivity index (χ4n) is 1.38. The van der Waals surface area contributed by atoms with Crippen LogP contribution < -0.4 is 5.32 Å². The highest BCUT2D eigenvalue weighted by molar-refractivity contribution is 6.64. The summed E-state index contributed by atoms with van der Waals surface area (Å²) in [6.45, 7) is 1.90. The normalized spacial score (nSPS) is 11.9. The van der Waals surface area contributed by atoms with E-state index < -0.39 is 11.3 Å². The Morgan fingerprint density at radius 2 is 1.94 bits per heavy atom. The summed E-state index contributed by atoms with van der Waals surface area (Å²) in [5.74, 6) is -0.162. The van der Waals surface area contributed by atoms with Gasteiger partial charge in [0.2, 0.25) is 11.1 Å². The zero-order valence-electron chi connectivity index (χ0n) is 9.07. The van der Waals surface area contributed by atoms with Crippen molar-refractivity contribution in [3.63, 3.8) is 0 Å². The molecule has 1 amide bonds. The first-order valence-corrected chi connectivity index (χ1v) is 5.56. The summed E-state index contributed by atoms with van der Waals surface area (Å²) in [7, 11) is 0. The summed E-state index contributed by atoms with van der Waals surface area (Å²) in [6, 6.07) is 8.21. The van der Waals surface area contributed by atoms with E-state index in [1.807, 2.05) is 13.0 Å². The Balaban J connectivity index is 2.77. The molecule has 1 rings (SSSR count). The quantitative estimate of drug-likeness (QED) is 0.802. The van der Waals surface area contributed by atoms with Crippen molar-refractivity contribution in [1.29, 1.82) is 0 Å². The summed E-state index contributed by atoms with van der Waals surface area (Å²) >= 11 is 5.47. The first-order valence-electron chi connectivity index (χ1n) is 5.18. The van der Waals surface area contributed by atoms with Crippen molar-refractivity contribution in [2.45, 2.75) is 25.8 Å². The summed E-state index contributed by atoms with van der Waals surface area (Å²) < 4.78 is 0. The van der Waals surface area contributed by atoms with Crippen LogP contribution in [0, 0.1) is 0 Å². The molecule has 0 aliphatic rings. The van der Waals surface area contributed by atoms with E-state index in [0.29, 0.717) is 12.0 Å². The van der Waals surface area contributed by atoms with Crippen molar-refractivity contribution in [2.75, 3.05) is 0 Å². The van der Waals surface area contributed by atoms with Crippen molar-refractivity contribution in [3.8, 4) is 0 Å². The molecule has 86 valence electrons. The Hall–Kier alpha value is -1.35. The molecule has 0 spiro atoms. The highest BCUT2D eigenvalue weighted by Gasteiger charge is 2.19. The molecule has 0 fully saturated rings. The third kappa shape index (κ3) is 3.66. The molecule has 3 nitrogen and oxygen atoms in total. The van der Waals surface area contributed by atoms with Crippen LogP contribution in [0.25, 0.3) is 0 Å². The zero-order chi connectivity index (χ0) is 12.0. The third-order valence-electron chi connectivity index (χ3n) is 2.14. The van der Waals surface area contributed by atoms with Crippen LogP contribution in [0.5, 0.6) is 0 Å². The summed E-state index contributed by atoms with van der Waals surface area (Å²) in [5.41, 5.74) is 0.701. The fourth-order valence-corrected chi connectivity index (χ4v) is 1.56. The van der Waals surface area contributed by atoms with Crippen molar-refractivity contribution in [3.05, 3.63) is 35.9 Å². The number of carbonyl (C=O) groups is 2. The Kier molecular flexibility index (Phi) is 4.99. The average molecular weight is 240 g/mol. The van der Waals surface area contributed by atoms with E-state index in [-0.39, 0.29) is 5.91 Å². The van der Waals surface area contributed by atoms with Gasteiger partial charge in [-0.2, -0.15) is 0 Å². The SMILES string of the molecule is CCCC(=O)NC(C(=O)Cl)c1ccccc1. The molecule has 0 radical (unpaired) electrons. The molecule has 1 aromatic carbocycles. The van der Waals surface area contributed by atoms with Gasteiger partial charge in [0.15, 0.2) is 0 Å². The second-order valence-corrected chi connectivity index (χ2v) is 3.84. The molecule has 4 heteroatoms. The maximum Gasteiger partial charge on any atom is 0.248 e. The van der Waals surface area contributed by atoms with Crippen LogP contribution in [0.2, 0.25) is 0 Å². The molecule has 1 aromatic rings. The maximum absolute atomic E-state index is 11.4. The lowest BCUT2D eigenvalue weighted by Gasteiger charge is -2.14. The molecular formula is C12H14ClNO2. The van der Waals surface area contributed by atoms with Crippen LogP contribution in [0.4, 0.5) is 0 Å². The Bertz CT molecular complexity index is 365. The lowest BCUT2D eigenvalue weighted by molar-refractivity contribution is -0.125. The second kappa shape index (κ2) is 6.28. The molecule has 1 atom stereocenters. The van der Waals surface area contributed by atoms with Gasteiger partial charge in [0.25, 0.3) is 0 Å². The van der Waals surface area contributed by atoms with Crippen LogP contribution in [-0.2, 0) is 9.59 Å². The monoisotopic (exact) mass is 239 g/mol. The van der Waals surface area contributed by atoms with Gasteiger partial charge in [0.05, 0.1) is 0 Å². The summed E-state index contributed by atoms with van der Waals surface area (Å²) in [6.07, 6.45) is 1.14. The number of benzene rings is 1. The zero-order valence-corrected chi connectivity index (χ0v) is 9.83. The van der Waals surface area contributed by atoms with Crippen LogP contribution in [0.1, 0.15) is 31.4 Å². The van der Waals surface area contributed by atoms with Gasteiger partial charge < -0.3 is 5.32 Å². The van der Waals surface area contributed by atoms with Crippen LogP contribution >= 0.6 is 11.6 Å². The molecule has 0 aliphatic heterocycles. The average Bonchev–Trinajstić information content (AvgIpc) is 2.27. The Morgan fingerprint density at radius 1 is 1.31 bits per heavy atom. The van der Waals surface area contributed by atoms with Gasteiger partial charge in [-0.05, 0) is 23.6 Å². The standard InChI is InChI=1S/C12H14ClNO2/c1-2-6-10(15)14-11(12(13)16)9-7-4-3-5-8-9/h3-5,7-8,11H,2,6H2,1H3,(H,14,15). The Morgan fingerprint density at radius 3 is 2.44 bits per heavy atom. The van der Waals surface area contributed by atoms with E-state index >= 15 is 0 Å². The van der Waals surface area contributed by atoms with Gasteiger partial charge in [-0.25, -0.2) is 0 Å². The molecule has 0 saturated carbocycles. The predicted octanol–water partition coefficient (Wildman–Crippen LogP) is 2.41. The van der Waals surface area contributed by atoms with Gasteiger partial charge in [-0.3, -0.25) is 9.59 Å². The van der Waals surface area contributed by atoms with Crippen LogP contribution in [0.15, 0.2) is 30.3 Å². The molecule has 1 unspecified atom stereocenters. The minimum Gasteiger partial charge on any atom is -0.341 e. The van der Waals surface area contributed by atoms with E-state index in [2.05, 4.69) is 5.32 Å². The molecule has 0 aliphatic carbocycles. The Labute approximate surface area is 99.8 Å². The van der Waals surface area contributed by atoms with Crippen molar-refractivity contribution in [1.82, 2.24) is 5.32 Å². The first kappa shape index (κ1) is 12.7. The van der Waals surface area contributed by atoms with E-state index in [0.717, 1.165) is 6.42 Å². The fraction of sp³-hybridized carbons (Fsp3) is 0.333. The predicted molar refractivity (Wildman–Crippen MR) is 63.1 cm³/mol. The molecule has 0 bridgehead atoms. The molecule has 1 N–H and O–H groups in total. The molecular weight excluding hydrogens is 226 g/mol. The molecule has 16 heavy (non-hydrogen) atoms. The summed E-state index contributed by atoms with van der Waals surface area (Å²) in [4.78, 5) is 22.6. The topological polar surface area (TPSA) is 46.2 Å². The van der Waals surface area contributed by atoms with Crippen LogP contribution in [0.3, 0.4) is 0 Å². The molecule has 0 aromatic heterocycles. The van der Waals surface area contributed by atoms with E-state index in [9.17, 15) is 9.59 Å². The van der Waals surface area contributed by atoms with E-state index in [1.165, 1.54) is 0 Å². The van der Waals surface area contributed by atoms with Gasteiger partial charge in [-0.15, -0.1) is 0 Å². The number of carbonyl (C=O) groups excluding carboxylic acids is 2.